The molecule has 0 bridgehead atoms. The van der Waals surface area contributed by atoms with E-state index in [0.717, 1.165) is 11.4 Å². The molecule has 0 unspecified atom stereocenters. The van der Waals surface area contributed by atoms with Crippen LogP contribution in [0.3, 0.4) is 0 Å². The first kappa shape index (κ1) is 11.7. The fraction of sp³-hybridized carbons (Fsp3) is 0.286. The molecule has 0 aliphatic rings. The molecule has 1 aromatic carbocycles. The summed E-state index contributed by atoms with van der Waals surface area (Å²) in [5, 5.41) is 9.13. The molecule has 0 aliphatic carbocycles. The fourth-order valence-electron chi connectivity index (χ4n) is 1.54. The number of ether oxygens (including phenoxy) is 1. The Hall–Kier alpha value is -1.74. The van der Waals surface area contributed by atoms with E-state index in [9.17, 15) is 0 Å². The number of nitrogens with zero attached hydrogens (tertiary/aromatic N) is 1. The number of rotatable bonds is 4. The first-order valence-corrected chi connectivity index (χ1v) is 5.64. The zero-order valence-corrected chi connectivity index (χ0v) is 10.1. The van der Waals surface area contributed by atoms with E-state index in [0.29, 0.717) is 0 Å². The van der Waals surface area contributed by atoms with Crippen molar-refractivity contribution in [3.63, 3.8) is 0 Å². The summed E-state index contributed by atoms with van der Waals surface area (Å²) >= 11 is 0. The van der Waals surface area contributed by atoms with Gasteiger partial charge >= 0.3 is 0 Å². The van der Waals surface area contributed by atoms with Crippen molar-refractivity contribution in [1.29, 1.82) is 0 Å². The molecule has 90 valence electrons. The minimum atomic E-state index is -0.547. The molecule has 0 atom stereocenters. The number of aromatic nitrogens is 1. The van der Waals surface area contributed by atoms with Gasteiger partial charge < -0.3 is 14.4 Å². The minimum absolute atomic E-state index is 0.00759. The second kappa shape index (κ2) is 4.63. The third-order valence-electron chi connectivity index (χ3n) is 2.51. The Morgan fingerprint density at radius 1 is 1.12 bits per heavy atom. The van der Waals surface area contributed by atoms with Gasteiger partial charge in [-0.2, -0.15) is 0 Å². The lowest BCUT2D eigenvalue weighted by Gasteiger charge is -2.23. The quantitative estimate of drug-likeness (QED) is 0.877. The Labute approximate surface area is 101 Å². The number of benzene rings is 1. The van der Waals surface area contributed by atoms with E-state index in [4.69, 9.17) is 9.84 Å². The van der Waals surface area contributed by atoms with E-state index in [-0.39, 0.29) is 6.61 Å². The Kier molecular flexibility index (Phi) is 3.20. The van der Waals surface area contributed by atoms with Crippen LogP contribution in [0, 0.1) is 0 Å². The Balaban J connectivity index is 2.14. The van der Waals surface area contributed by atoms with Gasteiger partial charge in [-0.05, 0) is 50.2 Å². The summed E-state index contributed by atoms with van der Waals surface area (Å²) in [4.78, 5) is 0. The van der Waals surface area contributed by atoms with Gasteiger partial charge in [-0.1, -0.05) is 0 Å². The van der Waals surface area contributed by atoms with Gasteiger partial charge in [0.05, 0.1) is 6.61 Å². The first-order valence-electron chi connectivity index (χ1n) is 5.64. The van der Waals surface area contributed by atoms with E-state index >= 15 is 0 Å². The highest BCUT2D eigenvalue weighted by Crippen LogP contribution is 2.20. The highest BCUT2D eigenvalue weighted by atomic mass is 16.5. The normalized spacial score (nSPS) is 11.5. The van der Waals surface area contributed by atoms with Crippen LogP contribution in [0.25, 0.3) is 5.69 Å². The molecule has 0 aliphatic heterocycles. The van der Waals surface area contributed by atoms with Crippen LogP contribution in [0.2, 0.25) is 0 Å². The van der Waals surface area contributed by atoms with Crippen LogP contribution in [0.5, 0.6) is 5.75 Å². The van der Waals surface area contributed by atoms with Crippen LogP contribution in [0.15, 0.2) is 48.8 Å². The average Bonchev–Trinajstić information content (AvgIpc) is 2.83. The summed E-state index contributed by atoms with van der Waals surface area (Å²) in [7, 11) is 0. The predicted octanol–water partition coefficient (Wildman–Crippen LogP) is 2.63. The maximum absolute atomic E-state index is 9.13. The second-order valence-electron chi connectivity index (χ2n) is 4.60. The van der Waals surface area contributed by atoms with Crippen LogP contribution >= 0.6 is 0 Å². The summed E-state index contributed by atoms with van der Waals surface area (Å²) in [6.07, 6.45) is 3.99. The van der Waals surface area contributed by atoms with Crippen molar-refractivity contribution in [2.75, 3.05) is 6.61 Å². The molecule has 1 aromatic heterocycles. The molecule has 2 rings (SSSR count). The number of aliphatic hydroxyl groups excluding tert-OH is 1. The van der Waals surface area contributed by atoms with Gasteiger partial charge in [0.1, 0.15) is 11.4 Å². The van der Waals surface area contributed by atoms with Crippen LogP contribution in [0.4, 0.5) is 0 Å². The molecule has 0 radical (unpaired) electrons. The maximum Gasteiger partial charge on any atom is 0.126 e. The van der Waals surface area contributed by atoms with Gasteiger partial charge in [0.15, 0.2) is 0 Å². The van der Waals surface area contributed by atoms with Crippen LogP contribution in [0.1, 0.15) is 13.8 Å². The zero-order valence-electron chi connectivity index (χ0n) is 10.1. The summed E-state index contributed by atoms with van der Waals surface area (Å²) in [5.74, 6) is 0.764. The van der Waals surface area contributed by atoms with Crippen molar-refractivity contribution < 1.29 is 9.84 Å². The maximum atomic E-state index is 9.13. The molecule has 0 fully saturated rings. The van der Waals surface area contributed by atoms with Gasteiger partial charge in [-0.25, -0.2) is 0 Å². The molecule has 17 heavy (non-hydrogen) atoms. The average molecular weight is 231 g/mol. The van der Waals surface area contributed by atoms with Crippen molar-refractivity contribution in [2.45, 2.75) is 19.4 Å². The monoisotopic (exact) mass is 231 g/mol. The highest BCUT2D eigenvalue weighted by Gasteiger charge is 2.17. The Morgan fingerprint density at radius 3 is 2.24 bits per heavy atom. The van der Waals surface area contributed by atoms with Crippen LogP contribution in [-0.2, 0) is 0 Å². The SMILES string of the molecule is CC(C)(CO)Oc1ccc(-n2cccc2)cc1. The number of hydrogen-bond acceptors (Lipinski definition) is 2. The van der Waals surface area contributed by atoms with E-state index in [1.165, 1.54) is 0 Å². The smallest absolute Gasteiger partial charge is 0.126 e. The lowest BCUT2D eigenvalue weighted by Crippen LogP contribution is -2.32. The molecule has 3 nitrogen and oxygen atoms in total. The van der Waals surface area contributed by atoms with Gasteiger partial charge in [-0.3, -0.25) is 0 Å². The second-order valence-corrected chi connectivity index (χ2v) is 4.60. The molecule has 2 aromatic rings. The van der Waals surface area contributed by atoms with Gasteiger partial charge in [0.2, 0.25) is 0 Å². The standard InChI is InChI=1S/C14H17NO2/c1-14(2,11-16)17-13-7-5-12(6-8-13)15-9-3-4-10-15/h3-10,16H,11H2,1-2H3. The predicted molar refractivity (Wildman–Crippen MR) is 67.6 cm³/mol. The molecule has 0 saturated heterocycles. The highest BCUT2D eigenvalue weighted by molar-refractivity contribution is 5.38. The minimum Gasteiger partial charge on any atom is -0.485 e. The van der Waals surface area contributed by atoms with Crippen molar-refractivity contribution in [3.8, 4) is 11.4 Å². The van der Waals surface area contributed by atoms with Crippen molar-refractivity contribution in [1.82, 2.24) is 4.57 Å². The molecule has 0 spiro atoms. The van der Waals surface area contributed by atoms with Crippen LogP contribution in [-0.4, -0.2) is 21.9 Å². The lowest BCUT2D eigenvalue weighted by molar-refractivity contribution is 0.0412. The van der Waals surface area contributed by atoms with E-state index in [1.54, 1.807) is 0 Å². The van der Waals surface area contributed by atoms with Crippen molar-refractivity contribution in [3.05, 3.63) is 48.8 Å². The van der Waals surface area contributed by atoms with Crippen molar-refractivity contribution in [2.24, 2.45) is 0 Å². The first-order chi connectivity index (χ1) is 8.11. The zero-order chi connectivity index (χ0) is 12.3. The van der Waals surface area contributed by atoms with E-state index in [1.807, 2.05) is 67.2 Å². The fourth-order valence-corrected chi connectivity index (χ4v) is 1.54. The molecule has 3 heteroatoms. The molecular formula is C14H17NO2. The Morgan fingerprint density at radius 2 is 1.71 bits per heavy atom. The van der Waals surface area contributed by atoms with Gasteiger partial charge in [0.25, 0.3) is 0 Å². The van der Waals surface area contributed by atoms with Crippen LogP contribution < -0.4 is 4.74 Å². The summed E-state index contributed by atoms with van der Waals surface area (Å²) in [6.45, 7) is 3.70. The number of aliphatic hydroxyl groups is 1. The largest absolute Gasteiger partial charge is 0.485 e. The Bertz CT molecular complexity index is 457. The van der Waals surface area contributed by atoms with E-state index in [2.05, 4.69) is 0 Å². The molecule has 0 saturated carbocycles. The summed E-state index contributed by atoms with van der Waals surface area (Å²) in [5.41, 5.74) is 0.541. The third-order valence-corrected chi connectivity index (χ3v) is 2.51. The van der Waals surface area contributed by atoms with Crippen molar-refractivity contribution >= 4 is 0 Å². The molecule has 0 amide bonds. The lowest BCUT2D eigenvalue weighted by atomic mass is 10.1. The van der Waals surface area contributed by atoms with E-state index < -0.39 is 5.60 Å². The summed E-state index contributed by atoms with van der Waals surface area (Å²) < 4.78 is 7.69. The van der Waals surface area contributed by atoms with Gasteiger partial charge in [-0.15, -0.1) is 0 Å². The number of hydrogen-bond donors (Lipinski definition) is 1. The third kappa shape index (κ3) is 2.88. The summed E-state index contributed by atoms with van der Waals surface area (Å²) in [6, 6.07) is 11.8. The molecule has 1 heterocycles. The molecule has 1 N–H and O–H groups in total. The molecular weight excluding hydrogens is 214 g/mol. The van der Waals surface area contributed by atoms with Gasteiger partial charge in [0, 0.05) is 18.1 Å². The topological polar surface area (TPSA) is 34.4 Å².